The van der Waals surface area contributed by atoms with Crippen molar-refractivity contribution in [3.8, 4) is 0 Å². The van der Waals surface area contributed by atoms with Gasteiger partial charge in [-0.2, -0.15) is 5.10 Å². The average Bonchev–Trinajstić information content (AvgIpc) is 3.20. The van der Waals surface area contributed by atoms with Crippen LogP contribution in [-0.4, -0.2) is 27.3 Å². The lowest BCUT2D eigenvalue weighted by atomic mass is 10.1. The van der Waals surface area contributed by atoms with Crippen LogP contribution in [0.2, 0.25) is 0 Å². The molecule has 0 aliphatic carbocycles. The maximum absolute atomic E-state index is 12.4. The van der Waals surface area contributed by atoms with Crippen molar-refractivity contribution in [3.63, 3.8) is 0 Å². The number of para-hydroxylation sites is 1. The largest absolute Gasteiger partial charge is 0.462 e. The molecular weight excluding hydrogens is 344 g/mol. The van der Waals surface area contributed by atoms with E-state index in [1.54, 1.807) is 11.6 Å². The first kappa shape index (κ1) is 17.1. The van der Waals surface area contributed by atoms with Gasteiger partial charge in [0.1, 0.15) is 16.9 Å². The lowest BCUT2D eigenvalue weighted by Gasteiger charge is -2.12. The summed E-state index contributed by atoms with van der Waals surface area (Å²) < 4.78 is 12.8. The van der Waals surface area contributed by atoms with Crippen LogP contribution in [0.5, 0.6) is 0 Å². The summed E-state index contributed by atoms with van der Waals surface area (Å²) in [6, 6.07) is 9.83. The molecule has 7 heteroatoms. The Labute approximate surface area is 155 Å². The van der Waals surface area contributed by atoms with Crippen LogP contribution in [0.15, 0.2) is 40.9 Å². The van der Waals surface area contributed by atoms with E-state index in [1.807, 2.05) is 44.3 Å². The number of rotatable bonds is 5. The van der Waals surface area contributed by atoms with Crippen LogP contribution < -0.4 is 5.32 Å². The Balaban J connectivity index is 1.75. The molecule has 0 bridgehead atoms. The maximum atomic E-state index is 12.4. The molecular formula is C20H20N4O3. The van der Waals surface area contributed by atoms with Crippen molar-refractivity contribution in [2.75, 3.05) is 11.9 Å². The number of hydrogen-bond donors (Lipinski definition) is 1. The summed E-state index contributed by atoms with van der Waals surface area (Å²) in [5, 5.41) is 9.61. The number of esters is 1. The fraction of sp³-hybridized carbons (Fsp3) is 0.250. The van der Waals surface area contributed by atoms with Gasteiger partial charge in [-0.25, -0.2) is 9.78 Å². The fourth-order valence-corrected chi connectivity index (χ4v) is 3.26. The van der Waals surface area contributed by atoms with Gasteiger partial charge in [-0.05, 0) is 26.0 Å². The van der Waals surface area contributed by atoms with Crippen LogP contribution in [-0.2, 0) is 18.3 Å². The highest BCUT2D eigenvalue weighted by molar-refractivity contribution is 6.05. The van der Waals surface area contributed by atoms with Crippen LogP contribution in [0.3, 0.4) is 0 Å². The van der Waals surface area contributed by atoms with Gasteiger partial charge < -0.3 is 14.5 Å². The molecule has 27 heavy (non-hydrogen) atoms. The molecule has 0 saturated carbocycles. The van der Waals surface area contributed by atoms with Crippen molar-refractivity contribution in [3.05, 3.63) is 53.5 Å². The van der Waals surface area contributed by atoms with Gasteiger partial charge in [0.05, 0.1) is 29.9 Å². The predicted molar refractivity (Wildman–Crippen MR) is 103 cm³/mol. The molecule has 138 valence electrons. The Morgan fingerprint density at radius 2 is 2.15 bits per heavy atom. The molecule has 0 fully saturated rings. The SMILES string of the molecule is CCOC(=O)c1cnc2c(c(C)nn2C)c1NCc1cc2ccccc2o1. The molecule has 0 radical (unpaired) electrons. The monoisotopic (exact) mass is 364 g/mol. The molecule has 4 rings (SSSR count). The maximum Gasteiger partial charge on any atom is 0.341 e. The average molecular weight is 364 g/mol. The zero-order chi connectivity index (χ0) is 19.0. The van der Waals surface area contributed by atoms with E-state index in [0.717, 1.165) is 27.8 Å². The van der Waals surface area contributed by atoms with Gasteiger partial charge in [-0.3, -0.25) is 4.68 Å². The van der Waals surface area contributed by atoms with Crippen molar-refractivity contribution in [1.82, 2.24) is 14.8 Å². The van der Waals surface area contributed by atoms with E-state index in [0.29, 0.717) is 30.0 Å². The Bertz CT molecular complexity index is 1110. The summed E-state index contributed by atoms with van der Waals surface area (Å²) in [4.78, 5) is 16.8. The second kappa shape index (κ2) is 6.75. The highest BCUT2D eigenvalue weighted by atomic mass is 16.5. The van der Waals surface area contributed by atoms with E-state index in [9.17, 15) is 4.79 Å². The topological polar surface area (TPSA) is 82.2 Å². The number of fused-ring (bicyclic) bond motifs is 2. The Morgan fingerprint density at radius 3 is 2.93 bits per heavy atom. The molecule has 0 aliphatic heterocycles. The molecule has 3 aromatic heterocycles. The molecule has 1 aromatic carbocycles. The lowest BCUT2D eigenvalue weighted by molar-refractivity contribution is 0.0527. The minimum atomic E-state index is -0.415. The standard InChI is InChI=1S/C20H20N4O3/c1-4-26-20(25)15-11-22-19-17(12(2)23-24(19)3)18(15)21-10-14-9-13-7-5-6-8-16(13)27-14/h5-9,11H,4,10H2,1-3H3,(H,21,22). The lowest BCUT2D eigenvalue weighted by Crippen LogP contribution is -2.11. The second-order valence-electron chi connectivity index (χ2n) is 6.28. The fourth-order valence-electron chi connectivity index (χ4n) is 3.26. The number of carbonyl (C=O) groups is 1. The molecule has 7 nitrogen and oxygen atoms in total. The van der Waals surface area contributed by atoms with Crippen molar-refractivity contribution < 1.29 is 13.9 Å². The third-order valence-corrected chi connectivity index (χ3v) is 4.44. The summed E-state index contributed by atoms with van der Waals surface area (Å²) in [5.74, 6) is 0.361. The number of benzene rings is 1. The number of hydrogen-bond acceptors (Lipinski definition) is 6. The molecule has 0 aliphatic rings. The zero-order valence-corrected chi connectivity index (χ0v) is 15.4. The van der Waals surface area contributed by atoms with Crippen LogP contribution in [0, 0.1) is 6.92 Å². The number of nitrogens with zero attached hydrogens (tertiary/aromatic N) is 3. The minimum absolute atomic E-state index is 0.298. The van der Waals surface area contributed by atoms with Gasteiger partial charge in [0.25, 0.3) is 0 Å². The summed E-state index contributed by atoms with van der Waals surface area (Å²) in [6.45, 7) is 4.40. The van der Waals surface area contributed by atoms with E-state index in [1.165, 1.54) is 6.20 Å². The molecule has 0 spiro atoms. The Kier molecular flexibility index (Phi) is 4.27. The molecule has 4 aromatic rings. The van der Waals surface area contributed by atoms with E-state index < -0.39 is 5.97 Å². The van der Waals surface area contributed by atoms with Crippen molar-refractivity contribution in [2.24, 2.45) is 7.05 Å². The van der Waals surface area contributed by atoms with E-state index in [-0.39, 0.29) is 0 Å². The number of anilines is 1. The third-order valence-electron chi connectivity index (χ3n) is 4.44. The first-order chi connectivity index (χ1) is 13.1. The molecule has 3 heterocycles. The van der Waals surface area contributed by atoms with Crippen molar-refractivity contribution in [1.29, 1.82) is 0 Å². The number of ether oxygens (including phenoxy) is 1. The van der Waals surface area contributed by atoms with E-state index in [4.69, 9.17) is 9.15 Å². The quantitative estimate of drug-likeness (QED) is 0.542. The van der Waals surface area contributed by atoms with Crippen LogP contribution >= 0.6 is 0 Å². The number of furan rings is 1. The van der Waals surface area contributed by atoms with Gasteiger partial charge in [0.2, 0.25) is 0 Å². The number of aromatic nitrogens is 3. The highest BCUT2D eigenvalue weighted by Gasteiger charge is 2.21. The summed E-state index contributed by atoms with van der Waals surface area (Å²) in [6.07, 6.45) is 1.53. The van der Waals surface area contributed by atoms with Crippen molar-refractivity contribution >= 4 is 33.7 Å². The molecule has 0 saturated heterocycles. The van der Waals surface area contributed by atoms with Gasteiger partial charge in [-0.15, -0.1) is 0 Å². The van der Waals surface area contributed by atoms with Crippen LogP contribution in [0.25, 0.3) is 22.0 Å². The van der Waals surface area contributed by atoms with Gasteiger partial charge in [0, 0.05) is 18.6 Å². The normalized spacial score (nSPS) is 11.2. The van der Waals surface area contributed by atoms with Crippen LogP contribution in [0.4, 0.5) is 5.69 Å². The highest BCUT2D eigenvalue weighted by Crippen LogP contribution is 2.30. The Morgan fingerprint density at radius 1 is 1.33 bits per heavy atom. The number of nitrogens with one attached hydrogen (secondary N) is 1. The summed E-state index contributed by atoms with van der Waals surface area (Å²) >= 11 is 0. The Hall–Kier alpha value is -3.35. The zero-order valence-electron chi connectivity index (χ0n) is 15.4. The van der Waals surface area contributed by atoms with Crippen LogP contribution in [0.1, 0.15) is 28.7 Å². The first-order valence-electron chi connectivity index (χ1n) is 8.79. The number of aryl methyl sites for hydroxylation is 2. The third kappa shape index (κ3) is 3.01. The smallest absolute Gasteiger partial charge is 0.341 e. The number of carbonyl (C=O) groups excluding carboxylic acids is 1. The second-order valence-corrected chi connectivity index (χ2v) is 6.28. The van der Waals surface area contributed by atoms with Gasteiger partial charge >= 0.3 is 5.97 Å². The molecule has 0 unspecified atom stereocenters. The van der Waals surface area contributed by atoms with E-state index >= 15 is 0 Å². The summed E-state index contributed by atoms with van der Waals surface area (Å²) in [7, 11) is 1.83. The van der Waals surface area contributed by atoms with Crippen molar-refractivity contribution in [2.45, 2.75) is 20.4 Å². The first-order valence-corrected chi connectivity index (χ1v) is 8.79. The predicted octanol–water partition coefficient (Wildman–Crippen LogP) is 3.81. The van der Waals surface area contributed by atoms with Gasteiger partial charge in [-0.1, -0.05) is 18.2 Å². The molecule has 0 amide bonds. The minimum Gasteiger partial charge on any atom is -0.462 e. The molecule has 0 atom stereocenters. The summed E-state index contributed by atoms with van der Waals surface area (Å²) in [5.41, 5.74) is 3.37. The van der Waals surface area contributed by atoms with E-state index in [2.05, 4.69) is 15.4 Å². The molecule has 1 N–H and O–H groups in total. The number of pyridine rings is 1. The van der Waals surface area contributed by atoms with Gasteiger partial charge in [0.15, 0.2) is 5.65 Å².